The van der Waals surface area contributed by atoms with Gasteiger partial charge in [0, 0.05) is 41.6 Å². The predicted molar refractivity (Wildman–Crippen MR) is 139 cm³/mol. The van der Waals surface area contributed by atoms with E-state index in [1.807, 2.05) is 57.2 Å². The highest BCUT2D eigenvalue weighted by Crippen LogP contribution is 2.37. The summed E-state index contributed by atoms with van der Waals surface area (Å²) < 4.78 is 14.4. The fourth-order valence-corrected chi connectivity index (χ4v) is 4.60. The van der Waals surface area contributed by atoms with Crippen molar-refractivity contribution in [3.8, 4) is 0 Å². The molecular weight excluding hydrogens is 457 g/mol. The molecule has 1 aliphatic rings. The quantitative estimate of drug-likeness (QED) is 0.481. The van der Waals surface area contributed by atoms with Crippen LogP contribution < -0.4 is 10.2 Å². The SMILES string of the molecule is C[C@@H](C(=O)NC(C)(C)C)N(Cc1ccccc1F)C(=O)CCCN1C(=O)c2cccc3cccc1c23. The molecule has 7 heteroatoms. The zero-order chi connectivity index (χ0) is 26.0. The van der Waals surface area contributed by atoms with Gasteiger partial charge in [-0.05, 0) is 57.7 Å². The monoisotopic (exact) mass is 489 g/mol. The Morgan fingerprint density at radius 1 is 1.03 bits per heavy atom. The van der Waals surface area contributed by atoms with Crippen LogP contribution in [0, 0.1) is 5.82 Å². The van der Waals surface area contributed by atoms with E-state index in [-0.39, 0.29) is 30.7 Å². The second-order valence-electron chi connectivity index (χ2n) is 10.3. The maximum absolute atomic E-state index is 14.4. The first-order chi connectivity index (χ1) is 17.1. The van der Waals surface area contributed by atoms with E-state index in [0.29, 0.717) is 24.1 Å². The van der Waals surface area contributed by atoms with Crippen LogP contribution in [0.3, 0.4) is 0 Å². The van der Waals surface area contributed by atoms with E-state index < -0.39 is 17.4 Å². The third kappa shape index (κ3) is 5.25. The van der Waals surface area contributed by atoms with Crippen LogP contribution in [0.4, 0.5) is 10.1 Å². The van der Waals surface area contributed by atoms with Gasteiger partial charge in [-0.1, -0.05) is 42.5 Å². The summed E-state index contributed by atoms with van der Waals surface area (Å²) in [5.74, 6) is -1.07. The molecule has 0 aromatic heterocycles. The van der Waals surface area contributed by atoms with Gasteiger partial charge < -0.3 is 15.1 Å². The van der Waals surface area contributed by atoms with Crippen molar-refractivity contribution in [3.05, 3.63) is 77.6 Å². The normalized spacial score (nSPS) is 13.7. The zero-order valence-electron chi connectivity index (χ0n) is 21.2. The van der Waals surface area contributed by atoms with E-state index >= 15 is 0 Å². The standard InChI is InChI=1S/C29H32FN3O3/c1-19(27(35)31-29(2,3)4)33(18-21-10-5-6-14-23(21)30)25(34)16-9-17-32-24-15-8-12-20-11-7-13-22(26(20)24)28(32)36/h5-8,10-15,19H,9,16-18H2,1-4H3,(H,31,35)/t19-/m0/s1. The van der Waals surface area contributed by atoms with Gasteiger partial charge in [0.25, 0.3) is 5.91 Å². The van der Waals surface area contributed by atoms with Crippen LogP contribution in [0.2, 0.25) is 0 Å². The van der Waals surface area contributed by atoms with Crippen molar-refractivity contribution < 1.29 is 18.8 Å². The molecule has 36 heavy (non-hydrogen) atoms. The molecule has 0 spiro atoms. The van der Waals surface area contributed by atoms with E-state index in [9.17, 15) is 18.8 Å². The molecule has 1 atom stereocenters. The number of hydrogen-bond donors (Lipinski definition) is 1. The Bertz CT molecular complexity index is 1310. The highest BCUT2D eigenvalue weighted by molar-refractivity contribution is 6.25. The fourth-order valence-electron chi connectivity index (χ4n) is 4.60. The predicted octanol–water partition coefficient (Wildman–Crippen LogP) is 5.05. The summed E-state index contributed by atoms with van der Waals surface area (Å²) in [5.41, 5.74) is 1.40. The van der Waals surface area contributed by atoms with Crippen molar-refractivity contribution in [1.82, 2.24) is 10.2 Å². The minimum atomic E-state index is -0.789. The lowest BCUT2D eigenvalue weighted by Gasteiger charge is -2.31. The molecule has 3 amide bonds. The average molecular weight is 490 g/mol. The van der Waals surface area contributed by atoms with E-state index in [1.165, 1.54) is 11.0 Å². The van der Waals surface area contributed by atoms with E-state index in [0.717, 1.165) is 16.5 Å². The molecule has 0 saturated carbocycles. The van der Waals surface area contributed by atoms with Crippen LogP contribution in [0.5, 0.6) is 0 Å². The van der Waals surface area contributed by atoms with E-state index in [4.69, 9.17) is 0 Å². The summed E-state index contributed by atoms with van der Waals surface area (Å²) in [4.78, 5) is 42.4. The maximum atomic E-state index is 14.4. The fraction of sp³-hybridized carbons (Fsp3) is 0.345. The second-order valence-corrected chi connectivity index (χ2v) is 10.3. The molecule has 0 radical (unpaired) electrons. The Morgan fingerprint density at radius 3 is 2.42 bits per heavy atom. The lowest BCUT2D eigenvalue weighted by molar-refractivity contribution is -0.141. The Labute approximate surface area is 211 Å². The molecule has 4 rings (SSSR count). The van der Waals surface area contributed by atoms with Crippen LogP contribution in [0.25, 0.3) is 10.8 Å². The zero-order valence-corrected chi connectivity index (χ0v) is 21.2. The molecule has 1 heterocycles. The van der Waals surface area contributed by atoms with Crippen LogP contribution >= 0.6 is 0 Å². The van der Waals surface area contributed by atoms with Crippen LogP contribution in [0.1, 0.15) is 56.5 Å². The second kappa shape index (κ2) is 10.1. The smallest absolute Gasteiger partial charge is 0.258 e. The van der Waals surface area contributed by atoms with Crippen LogP contribution in [-0.4, -0.2) is 40.7 Å². The van der Waals surface area contributed by atoms with E-state index in [2.05, 4.69) is 5.32 Å². The summed E-state index contributed by atoms with van der Waals surface area (Å²) in [6, 6.07) is 17.0. The summed E-state index contributed by atoms with van der Waals surface area (Å²) in [6.45, 7) is 7.61. The molecule has 0 aliphatic carbocycles. The molecule has 1 aliphatic heterocycles. The van der Waals surface area contributed by atoms with Gasteiger partial charge in [-0.25, -0.2) is 4.39 Å². The van der Waals surface area contributed by atoms with Crippen LogP contribution in [-0.2, 0) is 16.1 Å². The molecule has 0 saturated heterocycles. The molecule has 0 bridgehead atoms. The minimum Gasteiger partial charge on any atom is -0.350 e. The Morgan fingerprint density at radius 2 is 1.72 bits per heavy atom. The number of hydrogen-bond acceptors (Lipinski definition) is 3. The van der Waals surface area contributed by atoms with E-state index in [1.54, 1.807) is 30.0 Å². The summed E-state index contributed by atoms with van der Waals surface area (Å²) in [6.07, 6.45) is 0.536. The number of halogens is 1. The first kappa shape index (κ1) is 25.4. The largest absolute Gasteiger partial charge is 0.350 e. The van der Waals surface area contributed by atoms with Gasteiger partial charge in [0.05, 0.1) is 5.69 Å². The molecular formula is C29H32FN3O3. The van der Waals surface area contributed by atoms with Crippen LogP contribution in [0.15, 0.2) is 60.7 Å². The van der Waals surface area contributed by atoms with Gasteiger partial charge in [-0.15, -0.1) is 0 Å². The van der Waals surface area contributed by atoms with Gasteiger partial charge >= 0.3 is 0 Å². The van der Waals surface area contributed by atoms with Gasteiger partial charge in [-0.3, -0.25) is 14.4 Å². The molecule has 188 valence electrons. The summed E-state index contributed by atoms with van der Waals surface area (Å²) in [5, 5.41) is 4.84. The Balaban J connectivity index is 1.48. The Hall–Kier alpha value is -3.74. The number of nitrogens with zero attached hydrogens (tertiary/aromatic N) is 2. The highest BCUT2D eigenvalue weighted by atomic mass is 19.1. The minimum absolute atomic E-state index is 0.0162. The molecule has 0 fully saturated rings. The number of amides is 3. The third-order valence-corrected chi connectivity index (χ3v) is 6.39. The van der Waals surface area contributed by atoms with Crippen molar-refractivity contribution >= 4 is 34.2 Å². The topological polar surface area (TPSA) is 69.7 Å². The van der Waals surface area contributed by atoms with Crippen molar-refractivity contribution in [2.75, 3.05) is 11.4 Å². The highest BCUT2D eigenvalue weighted by Gasteiger charge is 2.31. The first-order valence-corrected chi connectivity index (χ1v) is 12.3. The molecule has 0 unspecified atom stereocenters. The Kier molecular flexibility index (Phi) is 7.11. The number of nitrogens with one attached hydrogen (secondary N) is 1. The van der Waals surface area contributed by atoms with Crippen molar-refractivity contribution in [2.45, 2.75) is 58.7 Å². The lowest BCUT2D eigenvalue weighted by atomic mass is 10.1. The van der Waals surface area contributed by atoms with Gasteiger partial charge in [0.1, 0.15) is 11.9 Å². The van der Waals surface area contributed by atoms with Crippen molar-refractivity contribution in [1.29, 1.82) is 0 Å². The molecule has 3 aromatic carbocycles. The van der Waals surface area contributed by atoms with Crippen molar-refractivity contribution in [2.24, 2.45) is 0 Å². The number of benzene rings is 3. The lowest BCUT2D eigenvalue weighted by Crippen LogP contribution is -2.52. The number of rotatable bonds is 8. The van der Waals surface area contributed by atoms with Gasteiger partial charge in [0.2, 0.25) is 11.8 Å². The third-order valence-electron chi connectivity index (χ3n) is 6.39. The molecule has 1 N–H and O–H groups in total. The molecule has 6 nitrogen and oxygen atoms in total. The number of carbonyl (C=O) groups excluding carboxylic acids is 3. The maximum Gasteiger partial charge on any atom is 0.258 e. The molecule has 3 aromatic rings. The van der Waals surface area contributed by atoms with Gasteiger partial charge in [-0.2, -0.15) is 0 Å². The number of anilines is 1. The van der Waals surface area contributed by atoms with Gasteiger partial charge in [0.15, 0.2) is 0 Å². The first-order valence-electron chi connectivity index (χ1n) is 12.3. The van der Waals surface area contributed by atoms with Crippen molar-refractivity contribution in [3.63, 3.8) is 0 Å². The summed E-state index contributed by atoms with van der Waals surface area (Å²) in [7, 11) is 0. The number of carbonyl (C=O) groups is 3. The summed E-state index contributed by atoms with van der Waals surface area (Å²) >= 11 is 0. The average Bonchev–Trinajstić information content (AvgIpc) is 3.10.